The molecule has 2 heterocycles. The molecule has 0 aliphatic heterocycles. The van der Waals surface area contributed by atoms with E-state index < -0.39 is 0 Å². The minimum Gasteiger partial charge on any atom is -0.294 e. The second-order valence-corrected chi connectivity index (χ2v) is 3.44. The van der Waals surface area contributed by atoms with Gasteiger partial charge < -0.3 is 0 Å². The first kappa shape index (κ1) is 8.37. The fourth-order valence-electron chi connectivity index (χ4n) is 1.28. The molecule has 0 atom stereocenters. The van der Waals surface area contributed by atoms with Crippen LogP contribution in [0, 0.1) is 25.5 Å². The van der Waals surface area contributed by atoms with Gasteiger partial charge in [0.15, 0.2) is 5.65 Å². The summed E-state index contributed by atoms with van der Waals surface area (Å²) >= 11 is 5.09. The van der Waals surface area contributed by atoms with Gasteiger partial charge in [-0.2, -0.15) is 0 Å². The van der Waals surface area contributed by atoms with Crippen molar-refractivity contribution in [3.8, 4) is 0 Å². The molecule has 1 N–H and O–H groups in total. The second kappa shape index (κ2) is 2.63. The van der Waals surface area contributed by atoms with E-state index in [9.17, 15) is 0 Å². The SMILES string of the molecule is Cc1nc(=S)n2[nH]c(C)c(C)c2n1. The molecule has 0 aliphatic rings. The molecule has 2 aromatic rings. The van der Waals surface area contributed by atoms with Crippen molar-refractivity contribution in [3.63, 3.8) is 0 Å². The average molecular weight is 194 g/mol. The lowest BCUT2D eigenvalue weighted by Crippen LogP contribution is -1.98. The van der Waals surface area contributed by atoms with E-state index in [0.29, 0.717) is 10.6 Å². The zero-order chi connectivity index (χ0) is 9.59. The molecule has 4 nitrogen and oxygen atoms in total. The van der Waals surface area contributed by atoms with Gasteiger partial charge in [0.2, 0.25) is 4.77 Å². The Hall–Kier alpha value is -1.23. The van der Waals surface area contributed by atoms with Crippen LogP contribution in [0.5, 0.6) is 0 Å². The summed E-state index contributed by atoms with van der Waals surface area (Å²) in [4.78, 5) is 8.40. The molecular formula is C8H10N4S. The fourth-order valence-corrected chi connectivity index (χ4v) is 1.54. The van der Waals surface area contributed by atoms with Gasteiger partial charge in [0.25, 0.3) is 0 Å². The summed E-state index contributed by atoms with van der Waals surface area (Å²) in [6, 6.07) is 0. The summed E-state index contributed by atoms with van der Waals surface area (Å²) in [6.07, 6.45) is 0. The van der Waals surface area contributed by atoms with Crippen LogP contribution in [-0.4, -0.2) is 19.6 Å². The van der Waals surface area contributed by atoms with Crippen LogP contribution in [0.2, 0.25) is 0 Å². The van der Waals surface area contributed by atoms with Gasteiger partial charge in [-0.3, -0.25) is 5.10 Å². The highest BCUT2D eigenvalue weighted by atomic mass is 32.1. The van der Waals surface area contributed by atoms with Gasteiger partial charge in [-0.1, -0.05) is 0 Å². The molecule has 0 aromatic carbocycles. The minimum absolute atomic E-state index is 0.527. The Morgan fingerprint density at radius 1 is 1.23 bits per heavy atom. The van der Waals surface area contributed by atoms with Gasteiger partial charge in [0, 0.05) is 11.3 Å². The van der Waals surface area contributed by atoms with E-state index in [-0.39, 0.29) is 0 Å². The molecule has 0 aliphatic carbocycles. The van der Waals surface area contributed by atoms with Crippen molar-refractivity contribution in [1.29, 1.82) is 0 Å². The summed E-state index contributed by atoms with van der Waals surface area (Å²) < 4.78 is 2.26. The predicted octanol–water partition coefficient (Wildman–Crippen LogP) is 1.71. The van der Waals surface area contributed by atoms with Crippen LogP contribution in [0.15, 0.2) is 0 Å². The first-order valence-corrected chi connectivity index (χ1v) is 4.43. The molecule has 13 heavy (non-hydrogen) atoms. The van der Waals surface area contributed by atoms with E-state index in [1.165, 1.54) is 0 Å². The third kappa shape index (κ3) is 1.16. The number of fused-ring (bicyclic) bond motifs is 1. The lowest BCUT2D eigenvalue weighted by molar-refractivity contribution is 0.839. The summed E-state index contributed by atoms with van der Waals surface area (Å²) in [6.45, 7) is 5.86. The van der Waals surface area contributed by atoms with Crippen LogP contribution in [0.3, 0.4) is 0 Å². The number of aromatic amines is 1. The predicted molar refractivity (Wildman–Crippen MR) is 52.4 cm³/mol. The maximum absolute atomic E-state index is 5.09. The molecule has 0 bridgehead atoms. The van der Waals surface area contributed by atoms with Crippen molar-refractivity contribution in [2.24, 2.45) is 0 Å². The zero-order valence-corrected chi connectivity index (χ0v) is 8.57. The molecule has 0 amide bonds. The van der Waals surface area contributed by atoms with Crippen LogP contribution < -0.4 is 0 Å². The Morgan fingerprint density at radius 2 is 1.92 bits per heavy atom. The highest BCUT2D eigenvalue weighted by molar-refractivity contribution is 7.71. The third-order valence-corrected chi connectivity index (χ3v) is 2.38. The first-order chi connectivity index (χ1) is 6.09. The van der Waals surface area contributed by atoms with E-state index in [1.807, 2.05) is 20.8 Å². The van der Waals surface area contributed by atoms with Gasteiger partial charge in [-0.05, 0) is 33.0 Å². The number of rotatable bonds is 0. The lowest BCUT2D eigenvalue weighted by Gasteiger charge is -1.94. The van der Waals surface area contributed by atoms with Gasteiger partial charge in [0.1, 0.15) is 5.82 Å². The zero-order valence-electron chi connectivity index (χ0n) is 7.75. The third-order valence-electron chi connectivity index (χ3n) is 2.11. The van der Waals surface area contributed by atoms with Crippen molar-refractivity contribution in [3.05, 3.63) is 21.9 Å². The fraction of sp³-hybridized carbons (Fsp3) is 0.375. The molecule has 5 heteroatoms. The van der Waals surface area contributed by atoms with Gasteiger partial charge in [-0.25, -0.2) is 14.5 Å². The Kier molecular flexibility index (Phi) is 1.69. The van der Waals surface area contributed by atoms with Crippen LogP contribution in [-0.2, 0) is 0 Å². The number of H-pyrrole nitrogens is 1. The van der Waals surface area contributed by atoms with Crippen LogP contribution >= 0.6 is 12.2 Å². The Morgan fingerprint density at radius 3 is 2.62 bits per heavy atom. The number of hydrogen-bond acceptors (Lipinski definition) is 3. The Balaban J connectivity index is 3.03. The molecule has 68 valence electrons. The largest absolute Gasteiger partial charge is 0.294 e. The van der Waals surface area contributed by atoms with Crippen molar-refractivity contribution in [2.45, 2.75) is 20.8 Å². The Bertz CT molecular complexity index is 523. The maximum atomic E-state index is 5.09. The monoisotopic (exact) mass is 194 g/mol. The summed E-state index contributed by atoms with van der Waals surface area (Å²) in [5.74, 6) is 0.715. The highest BCUT2D eigenvalue weighted by Gasteiger charge is 2.06. The number of nitrogens with one attached hydrogen (secondary N) is 1. The molecule has 2 aromatic heterocycles. The molecule has 0 spiro atoms. The topological polar surface area (TPSA) is 46.0 Å². The number of nitrogens with zero attached hydrogens (tertiary/aromatic N) is 3. The van der Waals surface area contributed by atoms with E-state index in [4.69, 9.17) is 12.2 Å². The van der Waals surface area contributed by atoms with Gasteiger partial charge in [-0.15, -0.1) is 0 Å². The first-order valence-electron chi connectivity index (χ1n) is 4.02. The van der Waals surface area contributed by atoms with Crippen LogP contribution in [0.1, 0.15) is 17.1 Å². The summed E-state index contributed by atoms with van der Waals surface area (Å²) in [7, 11) is 0. The molecule has 0 saturated heterocycles. The van der Waals surface area contributed by atoms with Crippen molar-refractivity contribution in [2.75, 3.05) is 0 Å². The summed E-state index contributed by atoms with van der Waals surface area (Å²) in [5.41, 5.74) is 3.07. The Labute approximate surface area is 80.6 Å². The van der Waals surface area contributed by atoms with E-state index in [1.54, 1.807) is 4.52 Å². The van der Waals surface area contributed by atoms with Crippen molar-refractivity contribution < 1.29 is 0 Å². The molecule has 0 unspecified atom stereocenters. The van der Waals surface area contributed by atoms with Crippen LogP contribution in [0.25, 0.3) is 5.65 Å². The number of aromatic nitrogens is 4. The summed E-state index contributed by atoms with van der Waals surface area (Å²) in [5, 5.41) is 3.11. The highest BCUT2D eigenvalue weighted by Crippen LogP contribution is 2.11. The van der Waals surface area contributed by atoms with E-state index >= 15 is 0 Å². The minimum atomic E-state index is 0.527. The maximum Gasteiger partial charge on any atom is 0.222 e. The van der Waals surface area contributed by atoms with Gasteiger partial charge >= 0.3 is 0 Å². The van der Waals surface area contributed by atoms with E-state index in [2.05, 4.69) is 15.1 Å². The normalized spacial score (nSPS) is 11.0. The van der Waals surface area contributed by atoms with Gasteiger partial charge in [0.05, 0.1) is 0 Å². The molecule has 2 rings (SSSR count). The number of aryl methyl sites for hydroxylation is 3. The molecule has 0 saturated carbocycles. The number of hydrogen-bond donors (Lipinski definition) is 1. The molecular weight excluding hydrogens is 184 g/mol. The van der Waals surface area contributed by atoms with Crippen molar-refractivity contribution >= 4 is 17.9 Å². The molecule has 0 radical (unpaired) electrons. The smallest absolute Gasteiger partial charge is 0.222 e. The average Bonchev–Trinajstić information content (AvgIpc) is 2.32. The van der Waals surface area contributed by atoms with Crippen LogP contribution in [0.4, 0.5) is 0 Å². The standard InChI is InChI=1S/C8H10N4S/c1-4-5(2)11-12-7(4)9-6(3)10-8(12)13/h11H,1-3H3. The van der Waals surface area contributed by atoms with E-state index in [0.717, 1.165) is 16.9 Å². The second-order valence-electron chi connectivity index (χ2n) is 3.07. The van der Waals surface area contributed by atoms with Crippen molar-refractivity contribution in [1.82, 2.24) is 19.6 Å². The molecule has 0 fully saturated rings. The lowest BCUT2D eigenvalue weighted by atomic mass is 10.3. The quantitative estimate of drug-likeness (QED) is 0.649.